The molecule has 5 heteroatoms. The molecule has 1 aliphatic heterocycles. The van der Waals surface area contributed by atoms with Crippen LogP contribution in [0.1, 0.15) is 19.3 Å². The molecular formula is C15H22N2O2S. The third kappa shape index (κ3) is 4.42. The van der Waals surface area contributed by atoms with E-state index in [0.717, 1.165) is 35.8 Å². The lowest BCUT2D eigenvalue weighted by Crippen LogP contribution is -2.45. The lowest BCUT2D eigenvalue weighted by atomic mass is 10.1. The minimum Gasteiger partial charge on any atom is -0.497 e. The third-order valence-electron chi connectivity index (χ3n) is 3.45. The van der Waals surface area contributed by atoms with Gasteiger partial charge in [0, 0.05) is 36.2 Å². The van der Waals surface area contributed by atoms with E-state index in [2.05, 4.69) is 0 Å². The lowest BCUT2D eigenvalue weighted by molar-refractivity contribution is -0.131. The topological polar surface area (TPSA) is 55.6 Å². The van der Waals surface area contributed by atoms with Crippen molar-refractivity contribution < 1.29 is 9.53 Å². The number of hydrogen-bond donors (Lipinski definition) is 1. The molecule has 1 fully saturated rings. The highest BCUT2D eigenvalue weighted by atomic mass is 32.2. The van der Waals surface area contributed by atoms with Gasteiger partial charge in [0.1, 0.15) is 5.75 Å². The van der Waals surface area contributed by atoms with E-state index in [1.807, 2.05) is 29.2 Å². The molecule has 4 nitrogen and oxygen atoms in total. The van der Waals surface area contributed by atoms with Gasteiger partial charge < -0.3 is 15.4 Å². The van der Waals surface area contributed by atoms with Crippen molar-refractivity contribution in [3.05, 3.63) is 24.3 Å². The van der Waals surface area contributed by atoms with Crippen LogP contribution in [0, 0.1) is 0 Å². The van der Waals surface area contributed by atoms with Crippen LogP contribution in [0.2, 0.25) is 0 Å². The van der Waals surface area contributed by atoms with Crippen molar-refractivity contribution >= 4 is 17.7 Å². The third-order valence-corrected chi connectivity index (χ3v) is 4.47. The molecule has 1 aromatic carbocycles. The van der Waals surface area contributed by atoms with Crippen molar-refractivity contribution in [2.45, 2.75) is 30.2 Å². The van der Waals surface area contributed by atoms with E-state index < -0.39 is 0 Å². The Bertz CT molecular complexity index is 436. The smallest absolute Gasteiger partial charge is 0.223 e. The van der Waals surface area contributed by atoms with Crippen LogP contribution >= 0.6 is 11.8 Å². The molecule has 1 atom stereocenters. The molecule has 0 aliphatic carbocycles. The molecule has 0 aromatic heterocycles. The summed E-state index contributed by atoms with van der Waals surface area (Å²) in [5.74, 6) is 1.88. The molecule has 1 aromatic rings. The second-order valence-electron chi connectivity index (χ2n) is 5.02. The molecule has 2 N–H and O–H groups in total. The summed E-state index contributed by atoms with van der Waals surface area (Å²) in [6.45, 7) is 1.58. The van der Waals surface area contributed by atoms with Crippen LogP contribution in [0.3, 0.4) is 0 Å². The Kier molecular flexibility index (Phi) is 5.73. The van der Waals surface area contributed by atoms with Gasteiger partial charge in [-0.15, -0.1) is 11.8 Å². The number of benzene rings is 1. The molecule has 1 aliphatic rings. The van der Waals surface area contributed by atoms with Crippen LogP contribution in [0.5, 0.6) is 5.75 Å². The van der Waals surface area contributed by atoms with Crippen molar-refractivity contribution in [1.82, 2.24) is 4.90 Å². The van der Waals surface area contributed by atoms with Gasteiger partial charge in [-0.05, 0) is 37.1 Å². The first-order valence-corrected chi connectivity index (χ1v) is 7.98. The van der Waals surface area contributed by atoms with Crippen molar-refractivity contribution in [2.24, 2.45) is 5.73 Å². The Labute approximate surface area is 124 Å². The molecule has 110 valence electrons. The van der Waals surface area contributed by atoms with Gasteiger partial charge >= 0.3 is 0 Å². The average molecular weight is 294 g/mol. The van der Waals surface area contributed by atoms with Gasteiger partial charge in [0.05, 0.1) is 7.11 Å². The predicted octanol–water partition coefficient (Wildman–Crippen LogP) is 2.13. The van der Waals surface area contributed by atoms with E-state index in [1.165, 1.54) is 0 Å². The molecule has 2 rings (SSSR count). The molecule has 0 saturated carbocycles. The van der Waals surface area contributed by atoms with Gasteiger partial charge in [-0.2, -0.15) is 0 Å². The van der Waals surface area contributed by atoms with Crippen LogP contribution in [-0.2, 0) is 4.79 Å². The maximum atomic E-state index is 12.1. The Hall–Kier alpha value is -1.20. The SMILES string of the molecule is COc1ccc(SCCC(=O)N2CCCC(N)C2)cc1. The quantitative estimate of drug-likeness (QED) is 0.845. The number of hydrogen-bond acceptors (Lipinski definition) is 4. The van der Waals surface area contributed by atoms with E-state index in [1.54, 1.807) is 18.9 Å². The zero-order chi connectivity index (χ0) is 14.4. The molecule has 1 heterocycles. The second-order valence-corrected chi connectivity index (χ2v) is 6.18. The summed E-state index contributed by atoms with van der Waals surface area (Å²) in [6, 6.07) is 8.07. The molecule has 1 amide bonds. The van der Waals surface area contributed by atoms with E-state index in [9.17, 15) is 4.79 Å². The van der Waals surface area contributed by atoms with Gasteiger partial charge in [-0.25, -0.2) is 0 Å². The summed E-state index contributed by atoms with van der Waals surface area (Å²) in [4.78, 5) is 15.1. The summed E-state index contributed by atoms with van der Waals surface area (Å²) in [7, 11) is 1.66. The number of ether oxygens (including phenoxy) is 1. The normalized spacial score (nSPS) is 18.9. The Morgan fingerprint density at radius 3 is 2.85 bits per heavy atom. The van der Waals surface area contributed by atoms with Crippen LogP contribution in [0.4, 0.5) is 0 Å². The highest BCUT2D eigenvalue weighted by Gasteiger charge is 2.20. The van der Waals surface area contributed by atoms with Gasteiger partial charge in [0.25, 0.3) is 0 Å². The number of rotatable bonds is 5. The predicted molar refractivity (Wildman–Crippen MR) is 82.1 cm³/mol. The van der Waals surface area contributed by atoms with E-state index in [4.69, 9.17) is 10.5 Å². The Balaban J connectivity index is 1.73. The Morgan fingerprint density at radius 1 is 1.45 bits per heavy atom. The first kappa shape index (κ1) is 15.2. The molecule has 1 saturated heterocycles. The summed E-state index contributed by atoms with van der Waals surface area (Å²) < 4.78 is 5.12. The molecular weight excluding hydrogens is 272 g/mol. The van der Waals surface area contributed by atoms with Crippen LogP contribution in [0.15, 0.2) is 29.2 Å². The molecule has 20 heavy (non-hydrogen) atoms. The maximum Gasteiger partial charge on any atom is 0.223 e. The average Bonchev–Trinajstić information content (AvgIpc) is 2.48. The lowest BCUT2D eigenvalue weighted by Gasteiger charge is -2.30. The fraction of sp³-hybridized carbons (Fsp3) is 0.533. The van der Waals surface area contributed by atoms with Gasteiger partial charge in [0.2, 0.25) is 5.91 Å². The highest BCUT2D eigenvalue weighted by Crippen LogP contribution is 2.22. The van der Waals surface area contributed by atoms with Crippen LogP contribution in [0.25, 0.3) is 0 Å². The first-order valence-electron chi connectivity index (χ1n) is 6.99. The van der Waals surface area contributed by atoms with Crippen molar-refractivity contribution in [3.63, 3.8) is 0 Å². The fourth-order valence-corrected chi connectivity index (χ4v) is 3.16. The zero-order valence-corrected chi connectivity index (χ0v) is 12.7. The van der Waals surface area contributed by atoms with Crippen molar-refractivity contribution in [1.29, 1.82) is 0 Å². The van der Waals surface area contributed by atoms with E-state index in [0.29, 0.717) is 13.0 Å². The van der Waals surface area contributed by atoms with Crippen molar-refractivity contribution in [3.8, 4) is 5.75 Å². The van der Waals surface area contributed by atoms with Gasteiger partial charge in [-0.3, -0.25) is 4.79 Å². The minimum atomic E-state index is 0.155. The number of carbonyl (C=O) groups excluding carboxylic acids is 1. The molecule has 0 bridgehead atoms. The standard InChI is InChI=1S/C15H22N2O2S/c1-19-13-4-6-14(7-5-13)20-10-8-15(18)17-9-2-3-12(16)11-17/h4-7,12H,2-3,8-11,16H2,1H3. The van der Waals surface area contributed by atoms with E-state index in [-0.39, 0.29) is 11.9 Å². The number of carbonyl (C=O) groups is 1. The largest absolute Gasteiger partial charge is 0.497 e. The number of methoxy groups -OCH3 is 1. The molecule has 1 unspecified atom stereocenters. The van der Waals surface area contributed by atoms with E-state index >= 15 is 0 Å². The summed E-state index contributed by atoms with van der Waals surface area (Å²) in [5, 5.41) is 0. The van der Waals surface area contributed by atoms with Crippen LogP contribution < -0.4 is 10.5 Å². The minimum absolute atomic E-state index is 0.155. The van der Waals surface area contributed by atoms with Crippen LogP contribution in [-0.4, -0.2) is 42.8 Å². The summed E-state index contributed by atoms with van der Waals surface area (Å²) >= 11 is 1.70. The zero-order valence-electron chi connectivity index (χ0n) is 11.9. The maximum absolute atomic E-state index is 12.1. The van der Waals surface area contributed by atoms with Crippen molar-refractivity contribution in [2.75, 3.05) is 26.0 Å². The fourth-order valence-electron chi connectivity index (χ4n) is 2.32. The molecule has 0 radical (unpaired) electrons. The number of amides is 1. The first-order chi connectivity index (χ1) is 9.69. The number of nitrogens with two attached hydrogens (primary N) is 1. The Morgan fingerprint density at radius 2 is 2.20 bits per heavy atom. The second kappa shape index (κ2) is 7.55. The number of nitrogens with zero attached hydrogens (tertiary/aromatic N) is 1. The number of likely N-dealkylation sites (tertiary alicyclic amines) is 1. The summed E-state index contributed by atoms with van der Waals surface area (Å²) in [6.07, 6.45) is 2.63. The summed E-state index contributed by atoms with van der Waals surface area (Å²) in [5.41, 5.74) is 5.90. The van der Waals surface area contributed by atoms with Gasteiger partial charge in [0.15, 0.2) is 0 Å². The molecule has 0 spiro atoms. The highest BCUT2D eigenvalue weighted by molar-refractivity contribution is 7.99. The monoisotopic (exact) mass is 294 g/mol. The number of piperidine rings is 1. The number of thioether (sulfide) groups is 1. The van der Waals surface area contributed by atoms with Gasteiger partial charge in [-0.1, -0.05) is 0 Å².